The van der Waals surface area contributed by atoms with Gasteiger partial charge >= 0.3 is 0 Å². The molecule has 78 valence electrons. The molecule has 3 heteroatoms. The van der Waals surface area contributed by atoms with Crippen LogP contribution in [0.5, 0.6) is 0 Å². The zero-order valence-electron chi connectivity index (χ0n) is 8.88. The first-order chi connectivity index (χ1) is 6.34. The van der Waals surface area contributed by atoms with Crippen LogP contribution >= 0.6 is 0 Å². The van der Waals surface area contributed by atoms with Crippen molar-refractivity contribution < 1.29 is 4.74 Å². The number of rotatable bonds is 6. The first-order valence-electron chi connectivity index (χ1n) is 5.24. The van der Waals surface area contributed by atoms with Crippen LogP contribution in [0.25, 0.3) is 0 Å². The predicted molar refractivity (Wildman–Crippen MR) is 55.0 cm³/mol. The third kappa shape index (κ3) is 4.07. The van der Waals surface area contributed by atoms with Crippen LogP contribution in [0.15, 0.2) is 0 Å². The monoisotopic (exact) mass is 186 g/mol. The predicted octanol–water partition coefficient (Wildman–Crippen LogP) is 0.707. The summed E-state index contributed by atoms with van der Waals surface area (Å²) in [7, 11) is 4.00. The van der Waals surface area contributed by atoms with Gasteiger partial charge in [0.25, 0.3) is 0 Å². The number of likely N-dealkylation sites (N-methyl/N-ethyl adjacent to an activating group) is 1. The summed E-state index contributed by atoms with van der Waals surface area (Å²) in [5, 5.41) is 3.39. The van der Waals surface area contributed by atoms with Gasteiger partial charge in [0, 0.05) is 26.3 Å². The Labute approximate surface area is 81.4 Å². The smallest absolute Gasteiger partial charge is 0.0462 e. The topological polar surface area (TPSA) is 24.5 Å². The van der Waals surface area contributed by atoms with Crippen molar-refractivity contribution in [2.45, 2.75) is 25.3 Å². The lowest BCUT2D eigenvalue weighted by atomic mass is 10.2. The van der Waals surface area contributed by atoms with E-state index in [1.165, 1.54) is 38.9 Å². The molecule has 13 heavy (non-hydrogen) atoms. The summed E-state index contributed by atoms with van der Waals surface area (Å²) >= 11 is 0. The second-order valence-corrected chi connectivity index (χ2v) is 3.83. The van der Waals surface area contributed by atoms with E-state index in [9.17, 15) is 0 Å². The second-order valence-electron chi connectivity index (χ2n) is 3.83. The van der Waals surface area contributed by atoms with Crippen molar-refractivity contribution >= 4 is 0 Å². The van der Waals surface area contributed by atoms with Crippen molar-refractivity contribution in [1.29, 1.82) is 0 Å². The fourth-order valence-electron chi connectivity index (χ4n) is 1.81. The van der Waals surface area contributed by atoms with E-state index in [1.807, 2.05) is 0 Å². The Kier molecular flexibility index (Phi) is 5.35. The van der Waals surface area contributed by atoms with E-state index < -0.39 is 0 Å². The molecule has 0 saturated carbocycles. The van der Waals surface area contributed by atoms with Crippen LogP contribution in [0.1, 0.15) is 19.3 Å². The minimum Gasteiger partial charge on any atom is -0.385 e. The molecule has 0 bridgehead atoms. The number of ether oxygens (including phenoxy) is 1. The van der Waals surface area contributed by atoms with Crippen LogP contribution in [0.3, 0.4) is 0 Å². The fourth-order valence-corrected chi connectivity index (χ4v) is 1.81. The third-order valence-electron chi connectivity index (χ3n) is 2.77. The number of hydrogen-bond acceptors (Lipinski definition) is 3. The summed E-state index contributed by atoms with van der Waals surface area (Å²) in [4.78, 5) is 2.47. The zero-order chi connectivity index (χ0) is 9.52. The molecular formula is C10H22N2O. The van der Waals surface area contributed by atoms with E-state index in [2.05, 4.69) is 17.3 Å². The van der Waals surface area contributed by atoms with Crippen LogP contribution < -0.4 is 5.32 Å². The molecule has 1 aliphatic heterocycles. The van der Waals surface area contributed by atoms with Gasteiger partial charge in [0.15, 0.2) is 0 Å². The van der Waals surface area contributed by atoms with Crippen LogP contribution in [-0.2, 0) is 4.74 Å². The number of unbranched alkanes of at least 4 members (excludes halogenated alkanes) is 1. The molecule has 0 radical (unpaired) electrons. The Morgan fingerprint density at radius 2 is 2.31 bits per heavy atom. The molecule has 1 rings (SSSR count). The van der Waals surface area contributed by atoms with Crippen molar-refractivity contribution in [2.24, 2.45) is 0 Å². The molecule has 0 aromatic heterocycles. The summed E-state index contributed by atoms with van der Waals surface area (Å²) in [6, 6.07) is 0.766. The molecule has 1 saturated heterocycles. The molecule has 1 N–H and O–H groups in total. The minimum atomic E-state index is 0.766. The molecule has 1 unspecified atom stereocenters. The van der Waals surface area contributed by atoms with Gasteiger partial charge in [-0.3, -0.25) is 0 Å². The SMILES string of the molecule is COCCCCN(C)C1CCNC1. The maximum absolute atomic E-state index is 5.02. The molecule has 1 heterocycles. The number of hydrogen-bond donors (Lipinski definition) is 1. The standard InChI is InChI=1S/C10H22N2O/c1-12(7-3-4-8-13-2)10-5-6-11-9-10/h10-11H,3-9H2,1-2H3. The third-order valence-corrected chi connectivity index (χ3v) is 2.77. The van der Waals surface area contributed by atoms with E-state index in [-0.39, 0.29) is 0 Å². The Hall–Kier alpha value is -0.120. The lowest BCUT2D eigenvalue weighted by Crippen LogP contribution is -2.34. The summed E-state index contributed by atoms with van der Waals surface area (Å²) in [6.07, 6.45) is 3.74. The molecule has 3 nitrogen and oxygen atoms in total. The fraction of sp³-hybridized carbons (Fsp3) is 1.00. The second kappa shape index (κ2) is 6.35. The van der Waals surface area contributed by atoms with Crippen molar-refractivity contribution in [3.05, 3.63) is 0 Å². The summed E-state index contributed by atoms with van der Waals surface area (Å²) in [5.74, 6) is 0. The average molecular weight is 186 g/mol. The maximum Gasteiger partial charge on any atom is 0.0462 e. The highest BCUT2D eigenvalue weighted by Crippen LogP contribution is 2.06. The number of methoxy groups -OCH3 is 1. The average Bonchev–Trinajstić information content (AvgIpc) is 2.65. The Bertz CT molecular complexity index is 124. The van der Waals surface area contributed by atoms with Crippen LogP contribution in [0.2, 0.25) is 0 Å². The van der Waals surface area contributed by atoms with Gasteiger partial charge in [0.1, 0.15) is 0 Å². The van der Waals surface area contributed by atoms with Crippen molar-refractivity contribution in [2.75, 3.05) is 40.4 Å². The number of nitrogens with zero attached hydrogens (tertiary/aromatic N) is 1. The van der Waals surface area contributed by atoms with Gasteiger partial charge < -0.3 is 15.0 Å². The van der Waals surface area contributed by atoms with Gasteiger partial charge in [-0.05, 0) is 39.4 Å². The van der Waals surface area contributed by atoms with Crippen molar-refractivity contribution in [3.63, 3.8) is 0 Å². The highest BCUT2D eigenvalue weighted by molar-refractivity contribution is 4.78. The quantitative estimate of drug-likeness (QED) is 0.618. The summed E-state index contributed by atoms with van der Waals surface area (Å²) in [6.45, 7) is 4.46. The molecule has 0 spiro atoms. The van der Waals surface area contributed by atoms with Crippen LogP contribution in [0.4, 0.5) is 0 Å². The molecule has 1 fully saturated rings. The zero-order valence-corrected chi connectivity index (χ0v) is 8.88. The van der Waals surface area contributed by atoms with Gasteiger partial charge in [-0.15, -0.1) is 0 Å². The van der Waals surface area contributed by atoms with E-state index >= 15 is 0 Å². The molecule has 1 atom stereocenters. The summed E-state index contributed by atoms with van der Waals surface area (Å²) in [5.41, 5.74) is 0. The highest BCUT2D eigenvalue weighted by atomic mass is 16.5. The van der Waals surface area contributed by atoms with Crippen LogP contribution in [0, 0.1) is 0 Å². The molecular weight excluding hydrogens is 164 g/mol. The molecule has 0 aliphatic carbocycles. The Morgan fingerprint density at radius 3 is 2.92 bits per heavy atom. The molecule has 0 aromatic carbocycles. The van der Waals surface area contributed by atoms with E-state index in [0.717, 1.165) is 12.6 Å². The molecule has 0 aromatic rings. The van der Waals surface area contributed by atoms with Crippen molar-refractivity contribution in [3.8, 4) is 0 Å². The van der Waals surface area contributed by atoms with Gasteiger partial charge in [-0.25, -0.2) is 0 Å². The van der Waals surface area contributed by atoms with Gasteiger partial charge in [0.2, 0.25) is 0 Å². The van der Waals surface area contributed by atoms with E-state index in [4.69, 9.17) is 4.74 Å². The number of nitrogens with one attached hydrogen (secondary N) is 1. The maximum atomic E-state index is 5.02. The largest absolute Gasteiger partial charge is 0.385 e. The minimum absolute atomic E-state index is 0.766. The molecule has 0 amide bonds. The van der Waals surface area contributed by atoms with E-state index in [0.29, 0.717) is 0 Å². The summed E-state index contributed by atoms with van der Waals surface area (Å²) < 4.78 is 5.02. The lowest BCUT2D eigenvalue weighted by molar-refractivity contribution is 0.182. The van der Waals surface area contributed by atoms with Gasteiger partial charge in [-0.1, -0.05) is 0 Å². The Morgan fingerprint density at radius 1 is 1.46 bits per heavy atom. The van der Waals surface area contributed by atoms with Crippen molar-refractivity contribution in [1.82, 2.24) is 10.2 Å². The highest BCUT2D eigenvalue weighted by Gasteiger charge is 2.17. The van der Waals surface area contributed by atoms with Gasteiger partial charge in [-0.2, -0.15) is 0 Å². The first-order valence-corrected chi connectivity index (χ1v) is 5.24. The Balaban J connectivity index is 1.99. The normalized spacial score (nSPS) is 22.8. The molecule has 1 aliphatic rings. The lowest BCUT2D eigenvalue weighted by Gasteiger charge is -2.23. The van der Waals surface area contributed by atoms with Gasteiger partial charge in [0.05, 0.1) is 0 Å². The first kappa shape index (κ1) is 11.0. The van der Waals surface area contributed by atoms with Crippen LogP contribution in [-0.4, -0.2) is 51.3 Å². The van der Waals surface area contributed by atoms with E-state index in [1.54, 1.807) is 7.11 Å².